The van der Waals surface area contributed by atoms with Crippen LogP contribution in [0.15, 0.2) is 46.9 Å². The summed E-state index contributed by atoms with van der Waals surface area (Å²) in [5.41, 5.74) is 5.94. The van der Waals surface area contributed by atoms with Crippen molar-refractivity contribution in [3.05, 3.63) is 98.9 Å². The minimum absolute atomic E-state index is 0. The average molecular weight is 735 g/mol. The summed E-state index contributed by atoms with van der Waals surface area (Å²) in [4.78, 5) is 0. The predicted octanol–water partition coefficient (Wildman–Crippen LogP) is 1.91. The Morgan fingerprint density at radius 2 is 1.69 bits per heavy atom. The number of unbranched alkanes of at least 4 members (excludes halogenated alkanes) is 1. The van der Waals surface area contributed by atoms with Crippen molar-refractivity contribution in [3.63, 3.8) is 0 Å². The molecule has 32 heavy (non-hydrogen) atoms. The molecule has 4 rings (SSSR count). The summed E-state index contributed by atoms with van der Waals surface area (Å²) in [6.07, 6.45) is 7.70. The van der Waals surface area contributed by atoms with E-state index in [1.54, 1.807) is 11.1 Å². The molecule has 0 nitrogen and oxygen atoms in total. The molecule has 4 radical (unpaired) electrons. The van der Waals surface area contributed by atoms with Crippen molar-refractivity contribution in [1.29, 1.82) is 0 Å². The molecule has 3 aromatic rings. The van der Waals surface area contributed by atoms with Gasteiger partial charge in [-0.05, 0) is 29.3 Å². The van der Waals surface area contributed by atoms with Crippen LogP contribution in [0.5, 0.6) is 0 Å². The Bertz CT molecular complexity index is 868. The van der Waals surface area contributed by atoms with Crippen LogP contribution in [-0.4, -0.2) is 13.9 Å². The first kappa shape index (κ1) is 42.7. The standard InChI is InChI=1S/C13H12Br.C9H13.4CH3.2ClH.Hf.2Si/c1-8-5-10-7-9-3-2-4-11(9)13(14)12(10)6-8;1-2-3-6-9-7-4-5-8-9;;;;;;;;;/h5-7H,2-4H2,1H3;4-5,7-8H,2-3,6H2,1H3;4*1H3;2*1H;;;/q6*-1;;;;;/p-2. The fourth-order valence-corrected chi connectivity index (χ4v) is 4.27. The van der Waals surface area contributed by atoms with Crippen molar-refractivity contribution in [1.82, 2.24) is 0 Å². The van der Waals surface area contributed by atoms with Gasteiger partial charge in [0.1, 0.15) is 0 Å². The molecule has 0 atom stereocenters. The van der Waals surface area contributed by atoms with Crippen molar-refractivity contribution in [2.75, 3.05) is 0 Å². The van der Waals surface area contributed by atoms with E-state index in [1.165, 1.54) is 64.9 Å². The quantitative estimate of drug-likeness (QED) is 0.286. The molecule has 0 fully saturated rings. The molecule has 0 aromatic heterocycles. The van der Waals surface area contributed by atoms with E-state index in [-0.39, 0.29) is 74.7 Å². The second-order valence-electron chi connectivity index (χ2n) is 6.74. The Morgan fingerprint density at radius 1 is 1.06 bits per heavy atom. The fraction of sp³-hybridized carbons (Fsp3) is 0.308. The van der Waals surface area contributed by atoms with Crippen molar-refractivity contribution in [2.45, 2.75) is 52.4 Å². The normalized spacial score (nSPS) is 9.59. The number of aryl methyl sites for hydroxylation is 3. The van der Waals surface area contributed by atoms with Gasteiger partial charge in [-0.15, -0.1) is 28.5 Å². The third-order valence-corrected chi connectivity index (χ3v) is 5.61. The summed E-state index contributed by atoms with van der Waals surface area (Å²) in [5, 5.41) is 2.79. The summed E-state index contributed by atoms with van der Waals surface area (Å²) in [6, 6.07) is 15.5. The molecule has 6 heteroatoms. The third kappa shape index (κ3) is 12.9. The second-order valence-corrected chi connectivity index (χ2v) is 16.6. The van der Waals surface area contributed by atoms with Gasteiger partial charge in [-0.3, -0.25) is 0 Å². The molecular formula is C26H37BrCl2HfSi2-8. The van der Waals surface area contributed by atoms with E-state index in [9.17, 15) is 0 Å². The maximum absolute atomic E-state index is 3.75. The van der Waals surface area contributed by atoms with Crippen molar-refractivity contribution >= 4 is 40.6 Å². The van der Waals surface area contributed by atoms with Gasteiger partial charge in [-0.1, -0.05) is 54.6 Å². The molecule has 0 heterocycles. The SMILES string of the molecule is CCCCc1cc[cH-]c1.Cc1cc2c(Br)c3c(cc2[cH-]1)CCC3.[CH3-].[CH3-].[CH3-].[CH3-].[Cl-].[Cl-].[Si]=[Hf]=[Si]. The van der Waals surface area contributed by atoms with Gasteiger partial charge in [0.2, 0.25) is 0 Å². The van der Waals surface area contributed by atoms with E-state index >= 15 is 0 Å². The molecule has 182 valence electrons. The summed E-state index contributed by atoms with van der Waals surface area (Å²) in [6.45, 7) is 11.0. The Labute approximate surface area is 234 Å². The number of fused-ring (bicyclic) bond motifs is 2. The molecule has 0 N–H and O–H groups in total. The van der Waals surface area contributed by atoms with Gasteiger partial charge in [0.15, 0.2) is 0 Å². The zero-order valence-corrected chi connectivity index (χ0v) is 29.1. The molecule has 1 aliphatic carbocycles. The van der Waals surface area contributed by atoms with E-state index in [4.69, 9.17) is 0 Å². The molecule has 1 aliphatic rings. The van der Waals surface area contributed by atoms with Crippen molar-refractivity contribution < 1.29 is 45.0 Å². The van der Waals surface area contributed by atoms with Gasteiger partial charge in [-0.25, -0.2) is 6.07 Å². The monoisotopic (exact) mass is 734 g/mol. The third-order valence-electron chi connectivity index (χ3n) is 4.71. The number of rotatable bonds is 3. The number of benzene rings is 1. The second kappa shape index (κ2) is 23.3. The summed E-state index contributed by atoms with van der Waals surface area (Å²) in [7, 11) is 0. The van der Waals surface area contributed by atoms with Crippen LogP contribution in [0.25, 0.3) is 10.8 Å². The Kier molecular flexibility index (Phi) is 31.1. The summed E-state index contributed by atoms with van der Waals surface area (Å²) in [5.74, 6) is 0. The van der Waals surface area contributed by atoms with Gasteiger partial charge in [0, 0.05) is 0 Å². The van der Waals surface area contributed by atoms with Crippen LogP contribution in [0.1, 0.15) is 48.4 Å². The van der Waals surface area contributed by atoms with E-state index in [0.29, 0.717) is 0 Å². The Morgan fingerprint density at radius 3 is 2.22 bits per heavy atom. The summed E-state index contributed by atoms with van der Waals surface area (Å²) < 4.78 is 1.34. The van der Waals surface area contributed by atoms with Gasteiger partial charge in [0.05, 0.1) is 0 Å². The zero-order chi connectivity index (χ0) is 18.9. The minimum atomic E-state index is -0.306. The van der Waals surface area contributed by atoms with Gasteiger partial charge in [-0.2, -0.15) is 29.8 Å². The first-order valence-corrected chi connectivity index (χ1v) is 21.8. The van der Waals surface area contributed by atoms with E-state index in [0.717, 1.165) is 0 Å². The van der Waals surface area contributed by atoms with Crippen molar-refractivity contribution in [3.8, 4) is 0 Å². The first-order chi connectivity index (χ1) is 12.6. The molecule has 0 saturated heterocycles. The van der Waals surface area contributed by atoms with Crippen LogP contribution in [0, 0.1) is 36.6 Å². The molecule has 0 amide bonds. The molecule has 0 bridgehead atoms. The number of hydrogen-bond donors (Lipinski definition) is 0. The predicted molar refractivity (Wildman–Crippen MR) is 142 cm³/mol. The van der Waals surface area contributed by atoms with E-state index < -0.39 is 0 Å². The van der Waals surface area contributed by atoms with Gasteiger partial charge >= 0.3 is 34.0 Å². The molecule has 0 aliphatic heterocycles. The van der Waals surface area contributed by atoms with E-state index in [2.05, 4.69) is 86.1 Å². The Balaban J connectivity index is -0.000000121. The molecule has 0 saturated carbocycles. The maximum atomic E-state index is 3.75. The molecule has 0 unspecified atom stereocenters. The molecular weight excluding hydrogens is 698 g/mol. The molecule has 0 spiro atoms. The van der Waals surface area contributed by atoms with Crippen LogP contribution in [0.3, 0.4) is 0 Å². The van der Waals surface area contributed by atoms with Crippen LogP contribution in [0.2, 0.25) is 0 Å². The molecule has 3 aromatic carbocycles. The summed E-state index contributed by atoms with van der Waals surface area (Å²) >= 11 is 3.44. The fourth-order valence-electron chi connectivity index (χ4n) is 3.47. The van der Waals surface area contributed by atoms with Crippen molar-refractivity contribution in [2.24, 2.45) is 0 Å². The number of halogens is 3. The van der Waals surface area contributed by atoms with Crippen LogP contribution < -0.4 is 24.8 Å². The first-order valence-electron chi connectivity index (χ1n) is 9.27. The Hall–Kier alpha value is 0.544. The van der Waals surface area contributed by atoms with E-state index in [1.807, 2.05) is 0 Å². The van der Waals surface area contributed by atoms with Gasteiger partial charge in [0.25, 0.3) is 0 Å². The number of hydrogen-bond acceptors (Lipinski definition) is 0. The topological polar surface area (TPSA) is 0 Å². The zero-order valence-electron chi connectivity index (χ0n) is 20.4. The van der Waals surface area contributed by atoms with Crippen LogP contribution in [0.4, 0.5) is 0 Å². The van der Waals surface area contributed by atoms with Gasteiger partial charge < -0.3 is 54.5 Å². The van der Waals surface area contributed by atoms with Crippen LogP contribution >= 0.6 is 15.9 Å². The van der Waals surface area contributed by atoms with Crippen LogP contribution in [-0.2, 0) is 39.4 Å². The average Bonchev–Trinajstić information content (AvgIpc) is 3.34.